The number of carbonyl (C=O) groups is 2. The number of aliphatic hydroxyl groups is 1. The molecule has 1 fully saturated rings. The Morgan fingerprint density at radius 3 is 2.53 bits per heavy atom. The number of nitrogens with zero attached hydrogens (tertiary/aromatic N) is 2. The largest absolute Gasteiger partial charge is 0.507 e. The first-order valence-corrected chi connectivity index (χ1v) is 10.6. The summed E-state index contributed by atoms with van der Waals surface area (Å²) in [4.78, 5) is 31.0. The van der Waals surface area contributed by atoms with Crippen molar-refractivity contribution in [2.45, 2.75) is 32.9 Å². The molecule has 1 N–H and O–H groups in total. The molecule has 0 radical (unpaired) electrons. The first kappa shape index (κ1) is 23.1. The van der Waals surface area contributed by atoms with Gasteiger partial charge in [0, 0.05) is 24.0 Å². The monoisotopic (exact) mass is 464 g/mol. The number of rotatable bonds is 5. The molecule has 0 spiro atoms. The summed E-state index contributed by atoms with van der Waals surface area (Å²) in [6.45, 7) is 5.55. The van der Waals surface area contributed by atoms with Crippen LogP contribution in [0.15, 0.2) is 66.5 Å². The highest BCUT2D eigenvalue weighted by Gasteiger charge is 2.48. The topological polar surface area (TPSA) is 79.7 Å². The second kappa shape index (κ2) is 9.05. The van der Waals surface area contributed by atoms with E-state index in [1.54, 1.807) is 37.3 Å². The Kier molecular flexibility index (Phi) is 6.15. The highest BCUT2D eigenvalue weighted by Crippen LogP contribution is 2.43. The third-order valence-electron chi connectivity index (χ3n) is 5.42. The molecule has 1 aliphatic heterocycles. The van der Waals surface area contributed by atoms with Crippen molar-refractivity contribution in [2.24, 2.45) is 0 Å². The standard InChI is InChI=1S/C26H22F2N2O4/c1-14(2)34-21-9-6-16(11-15(21)3)24(31)22-23(17-5-4-10-29-13-17)30(26(33)25(22)32)20-12-18(27)7-8-19(20)28/h4-14,23,31H,1-3H3/b24-22+. The number of ketones is 1. The third kappa shape index (κ3) is 4.14. The summed E-state index contributed by atoms with van der Waals surface area (Å²) < 4.78 is 34.4. The number of aryl methyl sites for hydroxylation is 1. The Bertz CT molecular complexity index is 1310. The van der Waals surface area contributed by atoms with Crippen molar-refractivity contribution in [3.05, 3.63) is 94.8 Å². The van der Waals surface area contributed by atoms with Gasteiger partial charge in [-0.3, -0.25) is 19.5 Å². The zero-order chi connectivity index (χ0) is 24.6. The van der Waals surface area contributed by atoms with E-state index in [-0.39, 0.29) is 17.2 Å². The number of hydrogen-bond donors (Lipinski definition) is 1. The SMILES string of the molecule is Cc1cc(/C(O)=C2\C(=O)C(=O)N(c3cc(F)ccc3F)C2c2cccnc2)ccc1OC(C)C. The molecule has 4 rings (SSSR count). The van der Waals surface area contributed by atoms with Crippen LogP contribution < -0.4 is 9.64 Å². The van der Waals surface area contributed by atoms with Gasteiger partial charge in [0.15, 0.2) is 0 Å². The first-order valence-electron chi connectivity index (χ1n) is 10.6. The number of halogens is 2. The lowest BCUT2D eigenvalue weighted by molar-refractivity contribution is -0.132. The van der Waals surface area contributed by atoms with E-state index < -0.39 is 40.8 Å². The van der Waals surface area contributed by atoms with Gasteiger partial charge in [-0.25, -0.2) is 8.78 Å². The number of aromatic nitrogens is 1. The Hall–Kier alpha value is -4.07. The molecule has 1 unspecified atom stereocenters. The molecule has 2 heterocycles. The first-order chi connectivity index (χ1) is 16.2. The minimum atomic E-state index is -1.21. The predicted octanol–water partition coefficient (Wildman–Crippen LogP) is 5.08. The van der Waals surface area contributed by atoms with Gasteiger partial charge in [-0.15, -0.1) is 0 Å². The molecule has 34 heavy (non-hydrogen) atoms. The number of ether oxygens (including phenoxy) is 1. The van der Waals surface area contributed by atoms with E-state index >= 15 is 0 Å². The van der Waals surface area contributed by atoms with E-state index in [9.17, 15) is 23.5 Å². The van der Waals surface area contributed by atoms with Crippen LogP contribution in [0.25, 0.3) is 5.76 Å². The molecule has 174 valence electrons. The Balaban J connectivity index is 1.91. The normalized spacial score (nSPS) is 17.5. The summed E-state index contributed by atoms with van der Waals surface area (Å²) in [5.74, 6) is -3.60. The van der Waals surface area contributed by atoms with Gasteiger partial charge < -0.3 is 9.84 Å². The summed E-state index contributed by atoms with van der Waals surface area (Å²) >= 11 is 0. The number of aliphatic hydroxyl groups excluding tert-OH is 1. The molecule has 2 aromatic carbocycles. The fourth-order valence-electron chi connectivity index (χ4n) is 3.94. The van der Waals surface area contributed by atoms with Crippen molar-refractivity contribution in [2.75, 3.05) is 4.90 Å². The maximum Gasteiger partial charge on any atom is 0.300 e. The van der Waals surface area contributed by atoms with Crippen LogP contribution in [0.5, 0.6) is 5.75 Å². The fourth-order valence-corrected chi connectivity index (χ4v) is 3.94. The van der Waals surface area contributed by atoms with Gasteiger partial charge in [0.1, 0.15) is 23.1 Å². The number of amides is 1. The Labute approximate surface area is 195 Å². The van der Waals surface area contributed by atoms with Crippen molar-refractivity contribution >= 4 is 23.1 Å². The van der Waals surface area contributed by atoms with E-state index in [1.807, 2.05) is 13.8 Å². The number of carbonyl (C=O) groups excluding carboxylic acids is 2. The van der Waals surface area contributed by atoms with Crippen LogP contribution in [0.3, 0.4) is 0 Å². The molecule has 1 aliphatic rings. The molecule has 0 aliphatic carbocycles. The number of hydrogen-bond acceptors (Lipinski definition) is 5. The highest BCUT2D eigenvalue weighted by molar-refractivity contribution is 6.51. The van der Waals surface area contributed by atoms with Crippen LogP contribution in [-0.2, 0) is 9.59 Å². The van der Waals surface area contributed by atoms with E-state index in [2.05, 4.69) is 4.98 Å². The highest BCUT2D eigenvalue weighted by atomic mass is 19.1. The van der Waals surface area contributed by atoms with Crippen molar-refractivity contribution < 1.29 is 28.2 Å². The van der Waals surface area contributed by atoms with Crippen LogP contribution in [0.4, 0.5) is 14.5 Å². The average molecular weight is 464 g/mol. The van der Waals surface area contributed by atoms with Gasteiger partial charge in [-0.2, -0.15) is 0 Å². The van der Waals surface area contributed by atoms with Crippen LogP contribution in [0.2, 0.25) is 0 Å². The summed E-state index contributed by atoms with van der Waals surface area (Å²) in [6.07, 6.45) is 2.84. The van der Waals surface area contributed by atoms with E-state index in [0.717, 1.165) is 23.1 Å². The Morgan fingerprint density at radius 2 is 1.88 bits per heavy atom. The molecule has 0 saturated carbocycles. The van der Waals surface area contributed by atoms with Gasteiger partial charge in [0.2, 0.25) is 0 Å². The zero-order valence-electron chi connectivity index (χ0n) is 18.8. The predicted molar refractivity (Wildman–Crippen MR) is 122 cm³/mol. The second-order valence-corrected chi connectivity index (χ2v) is 8.20. The van der Waals surface area contributed by atoms with Crippen molar-refractivity contribution in [1.29, 1.82) is 0 Å². The molecule has 1 aromatic heterocycles. The van der Waals surface area contributed by atoms with Crippen LogP contribution in [-0.4, -0.2) is 27.9 Å². The molecule has 8 heteroatoms. The van der Waals surface area contributed by atoms with E-state index in [4.69, 9.17) is 4.74 Å². The van der Waals surface area contributed by atoms with Crippen LogP contribution in [0, 0.1) is 18.6 Å². The fraction of sp³-hybridized carbons (Fsp3) is 0.192. The van der Waals surface area contributed by atoms with Gasteiger partial charge in [-0.05, 0) is 68.3 Å². The minimum absolute atomic E-state index is 0.0600. The lowest BCUT2D eigenvalue weighted by atomic mass is 9.95. The van der Waals surface area contributed by atoms with E-state index in [1.165, 1.54) is 12.4 Å². The molecular weight excluding hydrogens is 442 g/mol. The quantitative estimate of drug-likeness (QED) is 0.324. The lowest BCUT2D eigenvalue weighted by Gasteiger charge is -2.25. The van der Waals surface area contributed by atoms with Gasteiger partial charge >= 0.3 is 0 Å². The average Bonchev–Trinajstić information content (AvgIpc) is 3.07. The smallest absolute Gasteiger partial charge is 0.300 e. The third-order valence-corrected chi connectivity index (χ3v) is 5.42. The molecule has 1 amide bonds. The zero-order valence-corrected chi connectivity index (χ0v) is 18.8. The summed E-state index contributed by atoms with van der Waals surface area (Å²) in [6, 6.07) is 9.44. The molecule has 1 saturated heterocycles. The van der Waals surface area contributed by atoms with Gasteiger partial charge in [0.25, 0.3) is 11.7 Å². The van der Waals surface area contributed by atoms with E-state index in [0.29, 0.717) is 16.9 Å². The molecular formula is C26H22F2N2O4. The van der Waals surface area contributed by atoms with Crippen molar-refractivity contribution in [3.8, 4) is 5.75 Å². The van der Waals surface area contributed by atoms with Gasteiger partial charge in [-0.1, -0.05) is 6.07 Å². The maximum atomic E-state index is 14.7. The lowest BCUT2D eigenvalue weighted by Crippen LogP contribution is -2.30. The number of Topliss-reactive ketones (excluding diaryl/α,β-unsaturated/α-hetero) is 1. The minimum Gasteiger partial charge on any atom is -0.507 e. The van der Waals surface area contributed by atoms with Crippen molar-refractivity contribution in [3.63, 3.8) is 0 Å². The van der Waals surface area contributed by atoms with Gasteiger partial charge in [0.05, 0.1) is 23.4 Å². The van der Waals surface area contributed by atoms with Crippen LogP contribution in [0.1, 0.15) is 36.6 Å². The van der Waals surface area contributed by atoms with Crippen LogP contribution >= 0.6 is 0 Å². The molecule has 6 nitrogen and oxygen atoms in total. The number of pyridine rings is 1. The molecule has 0 bridgehead atoms. The second-order valence-electron chi connectivity index (χ2n) is 8.20. The number of anilines is 1. The summed E-state index contributed by atoms with van der Waals surface area (Å²) in [7, 11) is 0. The molecule has 3 aromatic rings. The molecule has 1 atom stereocenters. The van der Waals surface area contributed by atoms with Crippen molar-refractivity contribution in [1.82, 2.24) is 4.98 Å². The maximum absolute atomic E-state index is 14.7. The summed E-state index contributed by atoms with van der Waals surface area (Å²) in [5, 5.41) is 11.2. The summed E-state index contributed by atoms with van der Waals surface area (Å²) in [5.41, 5.74) is 0.676. The number of benzene rings is 2. The Morgan fingerprint density at radius 1 is 1.12 bits per heavy atom.